The van der Waals surface area contributed by atoms with Gasteiger partial charge in [-0.25, -0.2) is 0 Å². The molecule has 1 unspecified atom stereocenters. The number of amidine groups is 1. The van der Waals surface area contributed by atoms with Gasteiger partial charge in [-0.05, 0) is 38.0 Å². The Hall–Kier alpha value is -1.22. The van der Waals surface area contributed by atoms with Gasteiger partial charge in [-0.2, -0.15) is 0 Å². The predicted octanol–water partition coefficient (Wildman–Crippen LogP) is 2.55. The highest BCUT2D eigenvalue weighted by atomic mass is 35.5. The minimum atomic E-state index is 0. The first kappa shape index (κ1) is 14.8. The Labute approximate surface area is 116 Å². The fraction of sp³-hybridized carbons (Fsp3) is 0.500. The molecule has 3 nitrogen and oxygen atoms in total. The molecule has 1 heterocycles. The molecule has 1 aliphatic rings. The number of hydrogen-bond acceptors (Lipinski definition) is 3. The van der Waals surface area contributed by atoms with Crippen LogP contribution in [-0.2, 0) is 0 Å². The molecule has 100 valence electrons. The number of benzene rings is 1. The van der Waals surface area contributed by atoms with Crippen molar-refractivity contribution < 1.29 is 0 Å². The maximum absolute atomic E-state index is 4.50. The number of nitrogens with one attached hydrogen (secondary N) is 1. The summed E-state index contributed by atoms with van der Waals surface area (Å²) >= 11 is 0. The largest absolute Gasteiger partial charge is 0.370 e. The first-order chi connectivity index (χ1) is 8.11. The Balaban J connectivity index is 0.00000162. The zero-order valence-corrected chi connectivity index (χ0v) is 12.3. The molecule has 0 saturated heterocycles. The molecule has 18 heavy (non-hydrogen) atoms. The van der Waals surface area contributed by atoms with Gasteiger partial charge >= 0.3 is 0 Å². The number of anilines is 1. The van der Waals surface area contributed by atoms with E-state index in [-0.39, 0.29) is 12.4 Å². The maximum Gasteiger partial charge on any atom is 0.119 e. The number of halogens is 1. The number of aliphatic imine (C=N–C) groups is 1. The molecular formula is C14H22ClN3. The van der Waals surface area contributed by atoms with Crippen LogP contribution in [0.25, 0.3) is 0 Å². The highest BCUT2D eigenvalue weighted by Crippen LogP contribution is 2.23. The Bertz CT molecular complexity index is 443. The molecule has 1 aliphatic heterocycles. The van der Waals surface area contributed by atoms with Gasteiger partial charge in [-0.1, -0.05) is 12.1 Å². The molecule has 4 heteroatoms. The Morgan fingerprint density at radius 3 is 2.67 bits per heavy atom. The van der Waals surface area contributed by atoms with E-state index in [9.17, 15) is 0 Å². The highest BCUT2D eigenvalue weighted by molar-refractivity contribution is 5.91. The Morgan fingerprint density at radius 1 is 1.33 bits per heavy atom. The van der Waals surface area contributed by atoms with Gasteiger partial charge in [-0.3, -0.25) is 4.99 Å². The average molecular weight is 268 g/mol. The van der Waals surface area contributed by atoms with Gasteiger partial charge in [0, 0.05) is 19.3 Å². The van der Waals surface area contributed by atoms with E-state index in [4.69, 9.17) is 0 Å². The normalized spacial score (nSPS) is 15.4. The van der Waals surface area contributed by atoms with Crippen LogP contribution >= 0.6 is 12.4 Å². The highest BCUT2D eigenvalue weighted by Gasteiger charge is 2.19. The molecule has 0 fully saturated rings. The lowest BCUT2D eigenvalue weighted by Crippen LogP contribution is -2.41. The van der Waals surface area contributed by atoms with Crippen molar-refractivity contribution in [1.29, 1.82) is 0 Å². The van der Waals surface area contributed by atoms with Gasteiger partial charge in [0.2, 0.25) is 0 Å². The standard InChI is InChI=1S/C14H21N3.ClH/c1-10-6-5-7-13(11(10)2)17(4)12(3)14-15-8-9-16-14;/h5-7,12H,8-9H2,1-4H3,(H,15,16);1H. The van der Waals surface area contributed by atoms with Crippen LogP contribution in [0, 0.1) is 13.8 Å². The summed E-state index contributed by atoms with van der Waals surface area (Å²) in [4.78, 5) is 6.79. The number of hydrogen-bond donors (Lipinski definition) is 1. The van der Waals surface area contributed by atoms with E-state index < -0.39 is 0 Å². The third kappa shape index (κ3) is 2.78. The smallest absolute Gasteiger partial charge is 0.119 e. The fourth-order valence-corrected chi connectivity index (χ4v) is 2.21. The molecular weight excluding hydrogens is 246 g/mol. The summed E-state index contributed by atoms with van der Waals surface area (Å²) in [6.07, 6.45) is 0. The van der Waals surface area contributed by atoms with Crippen LogP contribution in [0.3, 0.4) is 0 Å². The van der Waals surface area contributed by atoms with Crippen molar-refractivity contribution in [1.82, 2.24) is 5.32 Å². The molecule has 0 amide bonds. The van der Waals surface area contributed by atoms with E-state index in [2.05, 4.69) is 61.2 Å². The summed E-state index contributed by atoms with van der Waals surface area (Å²) in [5.41, 5.74) is 3.97. The van der Waals surface area contributed by atoms with E-state index in [0.717, 1.165) is 18.9 Å². The molecule has 2 rings (SSSR count). The molecule has 1 aromatic carbocycles. The molecule has 0 radical (unpaired) electrons. The minimum Gasteiger partial charge on any atom is -0.370 e. The van der Waals surface area contributed by atoms with Crippen molar-refractivity contribution in [3.8, 4) is 0 Å². The third-order valence-corrected chi connectivity index (χ3v) is 3.63. The molecule has 1 N–H and O–H groups in total. The molecule has 0 saturated carbocycles. The summed E-state index contributed by atoms with van der Waals surface area (Å²) in [6, 6.07) is 6.75. The topological polar surface area (TPSA) is 27.6 Å². The van der Waals surface area contributed by atoms with Gasteiger partial charge in [0.25, 0.3) is 0 Å². The molecule has 1 aromatic rings. The molecule has 0 spiro atoms. The van der Waals surface area contributed by atoms with Crippen molar-refractivity contribution in [3.05, 3.63) is 29.3 Å². The first-order valence-corrected chi connectivity index (χ1v) is 6.18. The van der Waals surface area contributed by atoms with Gasteiger partial charge in [0.05, 0.1) is 12.6 Å². The summed E-state index contributed by atoms with van der Waals surface area (Å²) < 4.78 is 0. The zero-order valence-electron chi connectivity index (χ0n) is 11.5. The zero-order chi connectivity index (χ0) is 12.4. The molecule has 0 aromatic heterocycles. The average Bonchev–Trinajstić information content (AvgIpc) is 2.84. The SMILES string of the molecule is Cc1cccc(N(C)C(C)C2=NCCN2)c1C.Cl. The third-order valence-electron chi connectivity index (χ3n) is 3.63. The maximum atomic E-state index is 4.50. The molecule has 0 aliphatic carbocycles. The Kier molecular flexibility index (Phi) is 5.03. The molecule has 0 bridgehead atoms. The van der Waals surface area contributed by atoms with Crippen LogP contribution in [0.4, 0.5) is 5.69 Å². The van der Waals surface area contributed by atoms with Crippen LogP contribution in [0.5, 0.6) is 0 Å². The van der Waals surface area contributed by atoms with Gasteiger partial charge in [0.1, 0.15) is 5.84 Å². The van der Waals surface area contributed by atoms with Crippen molar-refractivity contribution in [2.75, 3.05) is 25.0 Å². The number of likely N-dealkylation sites (N-methyl/N-ethyl adjacent to an activating group) is 1. The number of rotatable bonds is 3. The van der Waals surface area contributed by atoms with Crippen LogP contribution in [0.2, 0.25) is 0 Å². The number of nitrogens with zero attached hydrogens (tertiary/aromatic N) is 2. The summed E-state index contributed by atoms with van der Waals surface area (Å²) in [7, 11) is 2.13. The van der Waals surface area contributed by atoms with Crippen LogP contribution in [-0.4, -0.2) is 32.0 Å². The van der Waals surface area contributed by atoms with E-state index >= 15 is 0 Å². The second-order valence-corrected chi connectivity index (χ2v) is 4.70. The van der Waals surface area contributed by atoms with Crippen molar-refractivity contribution >= 4 is 23.9 Å². The lowest BCUT2D eigenvalue weighted by molar-refractivity contribution is 0.826. The predicted molar refractivity (Wildman–Crippen MR) is 81.3 cm³/mol. The summed E-state index contributed by atoms with van der Waals surface area (Å²) in [5.74, 6) is 1.11. The van der Waals surface area contributed by atoms with Gasteiger partial charge in [-0.15, -0.1) is 12.4 Å². The van der Waals surface area contributed by atoms with Gasteiger partial charge in [0.15, 0.2) is 0 Å². The molecule has 1 atom stereocenters. The van der Waals surface area contributed by atoms with Crippen LogP contribution < -0.4 is 10.2 Å². The van der Waals surface area contributed by atoms with E-state index in [1.54, 1.807) is 0 Å². The summed E-state index contributed by atoms with van der Waals surface area (Å²) in [5, 5.41) is 3.35. The fourth-order valence-electron chi connectivity index (χ4n) is 2.21. The monoisotopic (exact) mass is 267 g/mol. The second-order valence-electron chi connectivity index (χ2n) is 4.70. The van der Waals surface area contributed by atoms with Crippen molar-refractivity contribution in [2.45, 2.75) is 26.8 Å². The Morgan fingerprint density at radius 2 is 2.06 bits per heavy atom. The second kappa shape index (κ2) is 6.10. The lowest BCUT2D eigenvalue weighted by atomic mass is 10.1. The quantitative estimate of drug-likeness (QED) is 0.912. The van der Waals surface area contributed by atoms with Crippen LogP contribution in [0.15, 0.2) is 23.2 Å². The van der Waals surface area contributed by atoms with E-state index in [1.165, 1.54) is 16.8 Å². The first-order valence-electron chi connectivity index (χ1n) is 6.18. The van der Waals surface area contributed by atoms with Crippen molar-refractivity contribution in [2.24, 2.45) is 4.99 Å². The van der Waals surface area contributed by atoms with Crippen molar-refractivity contribution in [3.63, 3.8) is 0 Å². The summed E-state index contributed by atoms with van der Waals surface area (Å²) in [6.45, 7) is 8.40. The minimum absolute atomic E-state index is 0. The van der Waals surface area contributed by atoms with Crippen LogP contribution in [0.1, 0.15) is 18.1 Å². The van der Waals surface area contributed by atoms with Gasteiger partial charge < -0.3 is 10.2 Å². The van der Waals surface area contributed by atoms with E-state index in [1.807, 2.05) is 0 Å². The number of aryl methyl sites for hydroxylation is 1. The lowest BCUT2D eigenvalue weighted by Gasteiger charge is -2.29. The van der Waals surface area contributed by atoms with E-state index in [0.29, 0.717) is 6.04 Å².